The fraction of sp³-hybridized carbons (Fsp3) is 0.450. The maximum absolute atomic E-state index is 5.38. The third-order valence-electron chi connectivity index (χ3n) is 5.09. The zero-order valence-electron chi connectivity index (χ0n) is 15.1. The zero-order valence-corrected chi connectivity index (χ0v) is 15.9. The van der Waals surface area contributed by atoms with E-state index in [9.17, 15) is 0 Å². The van der Waals surface area contributed by atoms with Gasteiger partial charge in [0.05, 0.1) is 5.56 Å². The average molecular weight is 369 g/mol. The maximum Gasteiger partial charge on any atom is 0.259 e. The number of thiophene rings is 1. The Morgan fingerprint density at radius 3 is 3.12 bits per heavy atom. The van der Waals surface area contributed by atoms with Gasteiger partial charge in [-0.25, -0.2) is 0 Å². The molecule has 4 heterocycles. The Bertz CT molecular complexity index is 829. The van der Waals surface area contributed by atoms with Gasteiger partial charge in [0, 0.05) is 36.8 Å². The summed E-state index contributed by atoms with van der Waals surface area (Å²) in [5.41, 5.74) is 2.30. The van der Waals surface area contributed by atoms with Crippen LogP contribution in [0.2, 0.25) is 0 Å². The molecule has 0 saturated carbocycles. The lowest BCUT2D eigenvalue weighted by Gasteiger charge is -2.32. The van der Waals surface area contributed by atoms with Crippen LogP contribution >= 0.6 is 11.3 Å². The van der Waals surface area contributed by atoms with E-state index >= 15 is 0 Å². The highest BCUT2D eigenvalue weighted by Gasteiger charge is 2.21. The lowest BCUT2D eigenvalue weighted by atomic mass is 9.93. The lowest BCUT2D eigenvalue weighted by Crippen LogP contribution is -2.35. The largest absolute Gasteiger partial charge is 0.334 e. The third-order valence-corrected chi connectivity index (χ3v) is 6.10. The number of aryl methyl sites for hydroxylation is 2. The van der Waals surface area contributed by atoms with Crippen molar-refractivity contribution in [3.63, 3.8) is 0 Å². The van der Waals surface area contributed by atoms with Crippen molar-refractivity contribution in [2.24, 2.45) is 5.92 Å². The van der Waals surface area contributed by atoms with Crippen molar-refractivity contribution in [1.29, 1.82) is 0 Å². The summed E-state index contributed by atoms with van der Waals surface area (Å²) >= 11 is 1.88. The normalized spacial score (nSPS) is 18.3. The molecule has 0 radical (unpaired) electrons. The molecule has 136 valence electrons. The topological polar surface area (TPSA) is 55.1 Å². The highest BCUT2D eigenvalue weighted by atomic mass is 32.1. The van der Waals surface area contributed by atoms with E-state index in [1.165, 1.54) is 36.4 Å². The second kappa shape index (κ2) is 8.10. The number of likely N-dealkylation sites (tertiary alicyclic amines) is 1. The second-order valence-corrected chi connectivity index (χ2v) is 8.07. The van der Waals surface area contributed by atoms with Gasteiger partial charge in [0.1, 0.15) is 0 Å². The van der Waals surface area contributed by atoms with Crippen molar-refractivity contribution in [2.75, 3.05) is 13.1 Å². The number of rotatable bonds is 6. The maximum atomic E-state index is 5.38. The van der Waals surface area contributed by atoms with Gasteiger partial charge in [-0.2, -0.15) is 4.98 Å². The first-order valence-corrected chi connectivity index (χ1v) is 10.1. The summed E-state index contributed by atoms with van der Waals surface area (Å²) in [6, 6.07) is 6.04. The summed E-state index contributed by atoms with van der Waals surface area (Å²) in [5.74, 6) is 2.07. The molecule has 0 aliphatic carbocycles. The van der Waals surface area contributed by atoms with Crippen LogP contribution in [0.3, 0.4) is 0 Å². The van der Waals surface area contributed by atoms with Crippen LogP contribution in [-0.4, -0.2) is 33.1 Å². The number of aromatic nitrogens is 3. The quantitative estimate of drug-likeness (QED) is 0.647. The Kier molecular flexibility index (Phi) is 5.41. The molecular weight excluding hydrogens is 344 g/mol. The smallest absolute Gasteiger partial charge is 0.259 e. The minimum Gasteiger partial charge on any atom is -0.334 e. The van der Waals surface area contributed by atoms with Gasteiger partial charge in [-0.3, -0.25) is 9.88 Å². The molecule has 26 heavy (non-hydrogen) atoms. The standard InChI is InChI=1S/C20H24N4OS/c1-15-8-11-26-18(15)14-24-10-3-4-16(13-24)6-7-19-22-20(25-23-19)17-5-2-9-21-12-17/h2,5,8-9,11-12,16H,3-4,6-7,10,13-14H2,1H3. The van der Waals surface area contributed by atoms with E-state index in [4.69, 9.17) is 4.52 Å². The van der Waals surface area contributed by atoms with Crippen LogP contribution in [0.4, 0.5) is 0 Å². The summed E-state index contributed by atoms with van der Waals surface area (Å²) < 4.78 is 5.38. The minimum atomic E-state index is 0.562. The van der Waals surface area contributed by atoms with Crippen molar-refractivity contribution >= 4 is 11.3 Å². The summed E-state index contributed by atoms with van der Waals surface area (Å²) in [5, 5.41) is 6.34. The predicted octanol–water partition coefficient (Wildman–Crippen LogP) is 4.35. The lowest BCUT2D eigenvalue weighted by molar-refractivity contribution is 0.162. The van der Waals surface area contributed by atoms with Crippen molar-refractivity contribution in [3.05, 3.63) is 52.2 Å². The Hall–Kier alpha value is -2.05. The molecule has 4 rings (SSSR count). The Balaban J connectivity index is 1.30. The molecule has 3 aromatic heterocycles. The van der Waals surface area contributed by atoms with Crippen LogP contribution in [0.5, 0.6) is 0 Å². The molecule has 0 aromatic carbocycles. The van der Waals surface area contributed by atoms with Crippen LogP contribution in [0, 0.1) is 12.8 Å². The van der Waals surface area contributed by atoms with Gasteiger partial charge in [0.25, 0.3) is 5.89 Å². The van der Waals surface area contributed by atoms with Gasteiger partial charge in [-0.1, -0.05) is 5.16 Å². The molecule has 1 aliphatic rings. The fourth-order valence-electron chi connectivity index (χ4n) is 3.59. The number of piperidine rings is 1. The number of hydrogen-bond donors (Lipinski definition) is 0. The van der Waals surface area contributed by atoms with Crippen molar-refractivity contribution in [2.45, 2.75) is 39.2 Å². The molecule has 0 N–H and O–H groups in total. The van der Waals surface area contributed by atoms with Crippen LogP contribution in [0.15, 0.2) is 40.5 Å². The molecule has 0 amide bonds. The van der Waals surface area contributed by atoms with E-state index in [2.05, 4.69) is 38.4 Å². The van der Waals surface area contributed by atoms with E-state index in [0.29, 0.717) is 11.8 Å². The SMILES string of the molecule is Cc1ccsc1CN1CCCC(CCc2noc(-c3cccnc3)n2)C1. The molecule has 1 unspecified atom stereocenters. The monoisotopic (exact) mass is 368 g/mol. The van der Waals surface area contributed by atoms with Crippen molar-refractivity contribution in [3.8, 4) is 11.5 Å². The second-order valence-electron chi connectivity index (χ2n) is 7.07. The summed E-state index contributed by atoms with van der Waals surface area (Å²) in [6.45, 7) is 5.68. The molecule has 1 fully saturated rings. The molecule has 1 atom stereocenters. The molecule has 5 nitrogen and oxygen atoms in total. The van der Waals surface area contributed by atoms with E-state index in [1.807, 2.05) is 23.5 Å². The van der Waals surface area contributed by atoms with Gasteiger partial charge in [-0.05, 0) is 67.8 Å². The highest BCUT2D eigenvalue weighted by molar-refractivity contribution is 7.10. The number of hydrogen-bond acceptors (Lipinski definition) is 6. The fourth-order valence-corrected chi connectivity index (χ4v) is 4.54. The number of pyridine rings is 1. The van der Waals surface area contributed by atoms with Crippen LogP contribution < -0.4 is 0 Å². The van der Waals surface area contributed by atoms with Crippen LogP contribution in [0.25, 0.3) is 11.5 Å². The predicted molar refractivity (Wildman–Crippen MR) is 103 cm³/mol. The van der Waals surface area contributed by atoms with E-state index in [1.54, 1.807) is 12.4 Å². The van der Waals surface area contributed by atoms with E-state index in [-0.39, 0.29) is 0 Å². The first-order valence-electron chi connectivity index (χ1n) is 9.26. The van der Waals surface area contributed by atoms with Gasteiger partial charge < -0.3 is 4.52 Å². The van der Waals surface area contributed by atoms with Crippen molar-refractivity contribution < 1.29 is 4.52 Å². The van der Waals surface area contributed by atoms with E-state index in [0.717, 1.165) is 30.8 Å². The zero-order chi connectivity index (χ0) is 17.8. The molecule has 1 aliphatic heterocycles. The molecule has 0 bridgehead atoms. The molecule has 0 spiro atoms. The average Bonchev–Trinajstić information content (AvgIpc) is 3.31. The first kappa shape index (κ1) is 17.4. The molecular formula is C20H24N4OS. The van der Waals surface area contributed by atoms with Gasteiger partial charge in [-0.15, -0.1) is 11.3 Å². The third kappa shape index (κ3) is 4.19. The highest BCUT2D eigenvalue weighted by Crippen LogP contribution is 2.25. The Morgan fingerprint density at radius 1 is 1.35 bits per heavy atom. The van der Waals surface area contributed by atoms with Crippen LogP contribution in [-0.2, 0) is 13.0 Å². The minimum absolute atomic E-state index is 0.562. The van der Waals surface area contributed by atoms with E-state index < -0.39 is 0 Å². The first-order chi connectivity index (χ1) is 12.8. The van der Waals surface area contributed by atoms with Gasteiger partial charge in [0.2, 0.25) is 0 Å². The molecule has 3 aromatic rings. The number of nitrogens with zero attached hydrogens (tertiary/aromatic N) is 4. The summed E-state index contributed by atoms with van der Waals surface area (Å²) in [6.07, 6.45) is 8.07. The summed E-state index contributed by atoms with van der Waals surface area (Å²) in [7, 11) is 0. The molecule has 1 saturated heterocycles. The van der Waals surface area contributed by atoms with Gasteiger partial charge in [0.15, 0.2) is 5.82 Å². The Labute approximate surface area is 158 Å². The van der Waals surface area contributed by atoms with Crippen molar-refractivity contribution in [1.82, 2.24) is 20.0 Å². The Morgan fingerprint density at radius 2 is 2.31 bits per heavy atom. The van der Waals surface area contributed by atoms with Crippen LogP contribution in [0.1, 0.15) is 35.5 Å². The summed E-state index contributed by atoms with van der Waals surface area (Å²) in [4.78, 5) is 12.7. The van der Waals surface area contributed by atoms with Gasteiger partial charge >= 0.3 is 0 Å². The molecule has 6 heteroatoms.